The lowest BCUT2D eigenvalue weighted by Gasteiger charge is -2.39. The Bertz CT molecular complexity index is 342. The predicted molar refractivity (Wildman–Crippen MR) is 77.2 cm³/mol. The summed E-state index contributed by atoms with van der Waals surface area (Å²) in [6, 6.07) is -0.139. The molecule has 1 aliphatic rings. The van der Waals surface area contributed by atoms with Gasteiger partial charge in [-0.05, 0) is 19.8 Å². The van der Waals surface area contributed by atoms with Gasteiger partial charge in [-0.1, -0.05) is 0 Å². The second-order valence-corrected chi connectivity index (χ2v) is 5.36. The number of aliphatic carboxylic acids is 1. The summed E-state index contributed by atoms with van der Waals surface area (Å²) in [5, 5.41) is 9.08. The van der Waals surface area contributed by atoms with E-state index in [4.69, 9.17) is 14.6 Å². The summed E-state index contributed by atoms with van der Waals surface area (Å²) in [7, 11) is 3.19. The Morgan fingerprint density at radius 3 is 2.24 bits per heavy atom. The van der Waals surface area contributed by atoms with Gasteiger partial charge in [0.15, 0.2) is 0 Å². The minimum Gasteiger partial charge on any atom is -0.481 e. The quantitative estimate of drug-likeness (QED) is 0.755. The van der Waals surface area contributed by atoms with Gasteiger partial charge in [0.1, 0.15) is 0 Å². The van der Waals surface area contributed by atoms with Crippen LogP contribution in [0.3, 0.4) is 0 Å². The molecule has 0 bridgehead atoms. The maximum atomic E-state index is 12.6. The standard InChI is InChI=1S/C14H26N2O5/c1-11-10-12(13(17)18)4-5-16(11)14(19)15(6-8-20-2)7-9-21-3/h11-12H,4-10H2,1-3H3,(H,17,18). The number of likely N-dealkylation sites (tertiary alicyclic amines) is 1. The van der Waals surface area contributed by atoms with Gasteiger partial charge in [0.25, 0.3) is 0 Å². The normalized spacial score (nSPS) is 22.1. The molecular formula is C14H26N2O5. The molecular weight excluding hydrogens is 276 g/mol. The molecule has 0 spiro atoms. The highest BCUT2D eigenvalue weighted by Crippen LogP contribution is 2.24. The summed E-state index contributed by atoms with van der Waals surface area (Å²) in [4.78, 5) is 27.1. The number of urea groups is 1. The maximum Gasteiger partial charge on any atom is 0.320 e. The molecule has 1 heterocycles. The topological polar surface area (TPSA) is 79.3 Å². The van der Waals surface area contributed by atoms with Crippen molar-refractivity contribution in [2.45, 2.75) is 25.8 Å². The summed E-state index contributed by atoms with van der Waals surface area (Å²) >= 11 is 0. The van der Waals surface area contributed by atoms with Gasteiger partial charge < -0.3 is 24.4 Å². The molecule has 2 atom stereocenters. The maximum absolute atomic E-state index is 12.6. The SMILES string of the molecule is COCCN(CCOC)C(=O)N1CCC(C(=O)O)CC1C. The molecule has 0 aliphatic carbocycles. The first-order valence-electron chi connectivity index (χ1n) is 7.27. The number of hydrogen-bond donors (Lipinski definition) is 1. The molecule has 0 aromatic heterocycles. The Labute approximate surface area is 125 Å². The van der Waals surface area contributed by atoms with Crippen LogP contribution in [-0.2, 0) is 14.3 Å². The lowest BCUT2D eigenvalue weighted by molar-refractivity contribution is -0.143. The molecule has 21 heavy (non-hydrogen) atoms. The summed E-state index contributed by atoms with van der Waals surface area (Å²) in [6.45, 7) is 4.32. The van der Waals surface area contributed by atoms with Gasteiger partial charge in [-0.2, -0.15) is 0 Å². The number of hydrogen-bond acceptors (Lipinski definition) is 4. The van der Waals surface area contributed by atoms with Crippen molar-refractivity contribution in [3.05, 3.63) is 0 Å². The molecule has 1 fully saturated rings. The number of carbonyl (C=O) groups excluding carboxylic acids is 1. The Morgan fingerprint density at radius 1 is 1.24 bits per heavy atom. The van der Waals surface area contributed by atoms with Crippen LogP contribution in [-0.4, -0.2) is 80.0 Å². The number of amides is 2. The molecule has 1 N–H and O–H groups in total. The summed E-state index contributed by atoms with van der Waals surface area (Å²) in [5.74, 6) is -1.12. The minimum atomic E-state index is -0.774. The third-order valence-corrected chi connectivity index (χ3v) is 3.87. The van der Waals surface area contributed by atoms with Gasteiger partial charge in [0.05, 0.1) is 19.1 Å². The average Bonchev–Trinajstić information content (AvgIpc) is 2.46. The van der Waals surface area contributed by atoms with E-state index in [1.54, 1.807) is 24.0 Å². The lowest BCUT2D eigenvalue weighted by Crippen LogP contribution is -2.52. The Kier molecular flexibility index (Phi) is 7.45. The minimum absolute atomic E-state index is 0.0690. The highest BCUT2D eigenvalue weighted by atomic mass is 16.5. The first-order valence-corrected chi connectivity index (χ1v) is 7.27. The van der Waals surface area contributed by atoms with E-state index in [9.17, 15) is 9.59 Å². The number of ether oxygens (including phenoxy) is 2. The van der Waals surface area contributed by atoms with Crippen LogP contribution in [0, 0.1) is 5.92 Å². The molecule has 0 radical (unpaired) electrons. The van der Waals surface area contributed by atoms with E-state index in [0.29, 0.717) is 45.7 Å². The Morgan fingerprint density at radius 2 is 1.81 bits per heavy atom. The second kappa shape index (κ2) is 8.84. The first-order chi connectivity index (χ1) is 10.0. The highest BCUT2D eigenvalue weighted by Gasteiger charge is 2.33. The van der Waals surface area contributed by atoms with E-state index in [-0.39, 0.29) is 18.0 Å². The van der Waals surface area contributed by atoms with Crippen molar-refractivity contribution in [3.8, 4) is 0 Å². The smallest absolute Gasteiger partial charge is 0.320 e. The number of nitrogens with zero attached hydrogens (tertiary/aromatic N) is 2. The molecule has 0 aromatic rings. The third-order valence-electron chi connectivity index (χ3n) is 3.87. The van der Waals surface area contributed by atoms with E-state index in [0.717, 1.165) is 0 Å². The highest BCUT2D eigenvalue weighted by molar-refractivity contribution is 5.76. The van der Waals surface area contributed by atoms with E-state index in [1.165, 1.54) is 0 Å². The van der Waals surface area contributed by atoms with Crippen LogP contribution in [0.2, 0.25) is 0 Å². The third kappa shape index (κ3) is 5.17. The van der Waals surface area contributed by atoms with Crippen molar-refractivity contribution in [1.29, 1.82) is 0 Å². The Hall–Kier alpha value is -1.34. The lowest BCUT2D eigenvalue weighted by atomic mass is 9.92. The van der Waals surface area contributed by atoms with Crippen LogP contribution in [0.25, 0.3) is 0 Å². The number of carbonyl (C=O) groups is 2. The average molecular weight is 302 g/mol. The number of methoxy groups -OCH3 is 2. The zero-order valence-electron chi connectivity index (χ0n) is 13.1. The summed E-state index contributed by atoms with van der Waals surface area (Å²) in [5.41, 5.74) is 0. The monoisotopic (exact) mass is 302 g/mol. The van der Waals surface area contributed by atoms with E-state index in [1.807, 2.05) is 6.92 Å². The first kappa shape index (κ1) is 17.7. The molecule has 7 nitrogen and oxygen atoms in total. The molecule has 1 aliphatic heterocycles. The van der Waals surface area contributed by atoms with Crippen LogP contribution in [0.1, 0.15) is 19.8 Å². The van der Waals surface area contributed by atoms with Gasteiger partial charge in [-0.3, -0.25) is 4.79 Å². The van der Waals surface area contributed by atoms with Crippen molar-refractivity contribution >= 4 is 12.0 Å². The molecule has 7 heteroatoms. The second-order valence-electron chi connectivity index (χ2n) is 5.36. The zero-order valence-corrected chi connectivity index (χ0v) is 13.1. The number of rotatable bonds is 7. The molecule has 122 valence electrons. The molecule has 1 saturated heterocycles. The summed E-state index contributed by atoms with van der Waals surface area (Å²) < 4.78 is 10.1. The largest absolute Gasteiger partial charge is 0.481 e. The molecule has 2 amide bonds. The zero-order chi connectivity index (χ0) is 15.8. The van der Waals surface area contributed by atoms with E-state index >= 15 is 0 Å². The van der Waals surface area contributed by atoms with Crippen LogP contribution in [0.5, 0.6) is 0 Å². The summed E-state index contributed by atoms with van der Waals surface area (Å²) in [6.07, 6.45) is 1.01. The molecule has 2 unspecified atom stereocenters. The predicted octanol–water partition coefficient (Wildman–Crippen LogP) is 0.886. The Balaban J connectivity index is 2.63. The number of carboxylic acids is 1. The van der Waals surface area contributed by atoms with Crippen LogP contribution < -0.4 is 0 Å². The van der Waals surface area contributed by atoms with Crippen molar-refractivity contribution in [2.75, 3.05) is 47.1 Å². The van der Waals surface area contributed by atoms with Gasteiger partial charge >= 0.3 is 12.0 Å². The van der Waals surface area contributed by atoms with Crippen LogP contribution in [0.15, 0.2) is 0 Å². The van der Waals surface area contributed by atoms with Crippen molar-refractivity contribution in [3.63, 3.8) is 0 Å². The van der Waals surface area contributed by atoms with Crippen molar-refractivity contribution < 1.29 is 24.2 Å². The molecule has 1 rings (SSSR count). The fourth-order valence-corrected chi connectivity index (χ4v) is 2.57. The van der Waals surface area contributed by atoms with Gasteiger partial charge in [-0.25, -0.2) is 4.79 Å². The van der Waals surface area contributed by atoms with Gasteiger partial charge in [-0.15, -0.1) is 0 Å². The molecule has 0 aromatic carbocycles. The van der Waals surface area contributed by atoms with Crippen molar-refractivity contribution in [1.82, 2.24) is 9.80 Å². The van der Waals surface area contributed by atoms with Gasteiger partial charge in [0.2, 0.25) is 0 Å². The number of piperidine rings is 1. The molecule has 0 saturated carbocycles. The number of carboxylic acid groups (broad SMARTS) is 1. The fourth-order valence-electron chi connectivity index (χ4n) is 2.57. The van der Waals surface area contributed by atoms with E-state index < -0.39 is 5.97 Å². The van der Waals surface area contributed by atoms with Crippen molar-refractivity contribution in [2.24, 2.45) is 5.92 Å². The van der Waals surface area contributed by atoms with Crippen LogP contribution >= 0.6 is 0 Å². The fraction of sp³-hybridized carbons (Fsp3) is 0.857. The van der Waals surface area contributed by atoms with Crippen LogP contribution in [0.4, 0.5) is 4.79 Å². The van der Waals surface area contributed by atoms with Gasteiger partial charge in [0, 0.05) is 39.9 Å². The van der Waals surface area contributed by atoms with E-state index in [2.05, 4.69) is 0 Å².